The van der Waals surface area contributed by atoms with E-state index in [-0.39, 0.29) is 12.1 Å². The quantitative estimate of drug-likeness (QED) is 0.883. The van der Waals surface area contributed by atoms with Gasteiger partial charge in [0, 0.05) is 13.6 Å². The normalized spacial score (nSPS) is 12.9. The highest BCUT2D eigenvalue weighted by Crippen LogP contribution is 2.20. The van der Waals surface area contributed by atoms with Crippen LogP contribution in [0.3, 0.4) is 0 Å². The van der Waals surface area contributed by atoms with Crippen LogP contribution in [0.1, 0.15) is 17.3 Å². The lowest BCUT2D eigenvalue weighted by molar-refractivity contribution is 0.0696. The number of carbonyl (C=O) groups is 1. The molecule has 1 aromatic carbocycles. The number of nitriles is 1. The van der Waals surface area contributed by atoms with Crippen LogP contribution in [0.25, 0.3) is 0 Å². The van der Waals surface area contributed by atoms with Crippen molar-refractivity contribution in [3.8, 4) is 6.07 Å². The molecule has 0 radical (unpaired) electrons. The molecule has 0 aromatic heterocycles. The monoisotopic (exact) mass is 300 g/mol. The van der Waals surface area contributed by atoms with Gasteiger partial charge in [-0.3, -0.25) is 0 Å². The predicted octanol–water partition coefficient (Wildman–Crippen LogP) is 1.30. The van der Waals surface area contributed by atoms with Crippen molar-refractivity contribution in [3.05, 3.63) is 29.6 Å². The Bertz CT molecular complexity index is 667. The number of benzene rings is 1. The van der Waals surface area contributed by atoms with Gasteiger partial charge in [-0.1, -0.05) is 0 Å². The molecule has 8 heteroatoms. The number of halogens is 1. The average Bonchev–Trinajstić information content (AvgIpc) is 2.37. The van der Waals surface area contributed by atoms with E-state index in [9.17, 15) is 17.6 Å². The van der Waals surface area contributed by atoms with Crippen LogP contribution in [0.2, 0.25) is 0 Å². The van der Waals surface area contributed by atoms with E-state index in [4.69, 9.17) is 10.4 Å². The second kappa shape index (κ2) is 5.98. The number of aromatic carboxylic acids is 1. The molecule has 1 atom stereocenters. The molecule has 0 saturated heterocycles. The van der Waals surface area contributed by atoms with Crippen LogP contribution in [0, 0.1) is 23.1 Å². The van der Waals surface area contributed by atoms with Gasteiger partial charge in [-0.05, 0) is 25.1 Å². The van der Waals surface area contributed by atoms with E-state index in [0.29, 0.717) is 6.07 Å². The Morgan fingerprint density at radius 1 is 1.55 bits per heavy atom. The van der Waals surface area contributed by atoms with Crippen LogP contribution >= 0.6 is 0 Å². The lowest BCUT2D eigenvalue weighted by atomic mass is 10.2. The zero-order valence-corrected chi connectivity index (χ0v) is 11.7. The SMILES string of the molecule is CC(C#N)CN(C)S(=O)(=O)c1ccc(C(=O)O)cc1F. The summed E-state index contributed by atoms with van der Waals surface area (Å²) in [6.45, 7) is 1.45. The van der Waals surface area contributed by atoms with Gasteiger partial charge in [0.15, 0.2) is 0 Å². The van der Waals surface area contributed by atoms with Crippen molar-refractivity contribution in [2.24, 2.45) is 5.92 Å². The van der Waals surface area contributed by atoms with Crippen LogP contribution in [0.5, 0.6) is 0 Å². The van der Waals surface area contributed by atoms with Crippen LogP contribution in [0.15, 0.2) is 23.1 Å². The fourth-order valence-electron chi connectivity index (χ4n) is 1.54. The molecular formula is C12H13FN2O4S. The number of hydrogen-bond acceptors (Lipinski definition) is 4. The Hall–Kier alpha value is -1.98. The molecule has 1 N–H and O–H groups in total. The Kier molecular flexibility index (Phi) is 4.81. The summed E-state index contributed by atoms with van der Waals surface area (Å²) in [5.74, 6) is -3.03. The highest BCUT2D eigenvalue weighted by molar-refractivity contribution is 7.89. The number of sulfonamides is 1. The Balaban J connectivity index is 3.17. The molecule has 0 amide bonds. The molecule has 1 rings (SSSR count). The second-order valence-corrected chi connectivity index (χ2v) is 6.28. The zero-order valence-electron chi connectivity index (χ0n) is 10.9. The first kappa shape index (κ1) is 16.1. The summed E-state index contributed by atoms with van der Waals surface area (Å²) in [6, 6.07) is 4.45. The summed E-state index contributed by atoms with van der Waals surface area (Å²) >= 11 is 0. The summed E-state index contributed by atoms with van der Waals surface area (Å²) in [5.41, 5.74) is -0.338. The number of hydrogen-bond donors (Lipinski definition) is 1. The molecule has 1 unspecified atom stereocenters. The fourth-order valence-corrected chi connectivity index (χ4v) is 2.84. The third-order valence-electron chi connectivity index (χ3n) is 2.62. The molecule has 1 aromatic rings. The molecule has 0 bridgehead atoms. The maximum absolute atomic E-state index is 13.8. The first-order valence-electron chi connectivity index (χ1n) is 5.59. The topological polar surface area (TPSA) is 98.5 Å². The Morgan fingerprint density at radius 3 is 2.60 bits per heavy atom. The molecule has 0 saturated carbocycles. The number of rotatable bonds is 5. The van der Waals surface area contributed by atoms with Gasteiger partial charge in [0.1, 0.15) is 10.7 Å². The Labute approximate surface area is 116 Å². The summed E-state index contributed by atoms with van der Waals surface area (Å²) < 4.78 is 38.8. The van der Waals surface area contributed by atoms with Crippen molar-refractivity contribution < 1.29 is 22.7 Å². The van der Waals surface area contributed by atoms with Crippen molar-refractivity contribution in [3.63, 3.8) is 0 Å². The van der Waals surface area contributed by atoms with E-state index in [0.717, 1.165) is 16.4 Å². The van der Waals surface area contributed by atoms with Gasteiger partial charge in [-0.2, -0.15) is 9.57 Å². The van der Waals surface area contributed by atoms with E-state index in [1.54, 1.807) is 0 Å². The van der Waals surface area contributed by atoms with E-state index in [1.807, 2.05) is 6.07 Å². The molecule has 0 spiro atoms. The number of nitrogens with zero attached hydrogens (tertiary/aromatic N) is 2. The standard InChI is InChI=1S/C12H13FN2O4S/c1-8(6-14)7-15(2)20(18,19)11-4-3-9(12(16)17)5-10(11)13/h3-5,8H,7H2,1-2H3,(H,16,17). The smallest absolute Gasteiger partial charge is 0.335 e. The number of carboxylic acids is 1. The van der Waals surface area contributed by atoms with Crippen LogP contribution in [-0.4, -0.2) is 37.4 Å². The van der Waals surface area contributed by atoms with Gasteiger partial charge in [-0.25, -0.2) is 17.6 Å². The number of carboxylic acid groups (broad SMARTS) is 1. The van der Waals surface area contributed by atoms with E-state index < -0.39 is 32.6 Å². The van der Waals surface area contributed by atoms with Gasteiger partial charge < -0.3 is 5.11 Å². The molecule has 0 aliphatic rings. The highest BCUT2D eigenvalue weighted by atomic mass is 32.2. The third kappa shape index (κ3) is 3.31. The highest BCUT2D eigenvalue weighted by Gasteiger charge is 2.26. The van der Waals surface area contributed by atoms with Gasteiger partial charge in [0.05, 0.1) is 17.6 Å². The van der Waals surface area contributed by atoms with Crippen molar-refractivity contribution in [2.45, 2.75) is 11.8 Å². The minimum Gasteiger partial charge on any atom is -0.478 e. The lowest BCUT2D eigenvalue weighted by Gasteiger charge is -2.18. The summed E-state index contributed by atoms with van der Waals surface area (Å²) in [5, 5.41) is 17.4. The summed E-state index contributed by atoms with van der Waals surface area (Å²) in [7, 11) is -2.87. The molecule has 0 aliphatic heterocycles. The van der Waals surface area contributed by atoms with Crippen LogP contribution < -0.4 is 0 Å². The van der Waals surface area contributed by atoms with Crippen LogP contribution in [-0.2, 0) is 10.0 Å². The summed E-state index contributed by atoms with van der Waals surface area (Å²) in [6.07, 6.45) is 0. The largest absolute Gasteiger partial charge is 0.478 e. The predicted molar refractivity (Wildman–Crippen MR) is 68.0 cm³/mol. The van der Waals surface area contributed by atoms with Crippen molar-refractivity contribution >= 4 is 16.0 Å². The van der Waals surface area contributed by atoms with E-state index in [1.165, 1.54) is 14.0 Å². The van der Waals surface area contributed by atoms with E-state index >= 15 is 0 Å². The van der Waals surface area contributed by atoms with Crippen molar-refractivity contribution in [1.82, 2.24) is 4.31 Å². The first-order valence-corrected chi connectivity index (χ1v) is 7.03. The molecule has 0 heterocycles. The molecule has 0 fully saturated rings. The zero-order chi connectivity index (χ0) is 15.5. The third-order valence-corrected chi connectivity index (χ3v) is 4.48. The minimum atomic E-state index is -4.10. The minimum absolute atomic E-state index is 0.0844. The average molecular weight is 300 g/mol. The maximum Gasteiger partial charge on any atom is 0.335 e. The Morgan fingerprint density at radius 2 is 2.15 bits per heavy atom. The first-order chi connectivity index (χ1) is 9.20. The molecule has 0 aliphatic carbocycles. The van der Waals surface area contributed by atoms with Gasteiger partial charge >= 0.3 is 5.97 Å². The molecule has 108 valence electrons. The molecule has 20 heavy (non-hydrogen) atoms. The van der Waals surface area contributed by atoms with Gasteiger partial charge in [0.2, 0.25) is 10.0 Å². The molecule has 6 nitrogen and oxygen atoms in total. The van der Waals surface area contributed by atoms with E-state index in [2.05, 4.69) is 0 Å². The van der Waals surface area contributed by atoms with Crippen molar-refractivity contribution in [2.75, 3.05) is 13.6 Å². The maximum atomic E-state index is 13.8. The van der Waals surface area contributed by atoms with Gasteiger partial charge in [0.25, 0.3) is 0 Å². The van der Waals surface area contributed by atoms with Crippen molar-refractivity contribution in [1.29, 1.82) is 5.26 Å². The van der Waals surface area contributed by atoms with Crippen LogP contribution in [0.4, 0.5) is 4.39 Å². The fraction of sp³-hybridized carbons (Fsp3) is 0.333. The lowest BCUT2D eigenvalue weighted by Crippen LogP contribution is -2.31. The molecular weight excluding hydrogens is 287 g/mol. The second-order valence-electron chi connectivity index (χ2n) is 4.27. The summed E-state index contributed by atoms with van der Waals surface area (Å²) in [4.78, 5) is 10.1. The van der Waals surface area contributed by atoms with Gasteiger partial charge in [-0.15, -0.1) is 0 Å².